The number of rotatable bonds is 5. The average Bonchev–Trinajstić information content (AvgIpc) is 2.93. The van der Waals surface area contributed by atoms with Crippen LogP contribution in [-0.4, -0.2) is 33.5 Å². The molecule has 0 amide bonds. The van der Waals surface area contributed by atoms with Crippen molar-refractivity contribution in [1.82, 2.24) is 0 Å². The Morgan fingerprint density at radius 1 is 0.879 bits per heavy atom. The Kier molecular flexibility index (Phi) is 7.16. The largest absolute Gasteiger partial charge is 0.497 e. The highest BCUT2D eigenvalue weighted by molar-refractivity contribution is 6.90. The maximum absolute atomic E-state index is 6.46. The van der Waals surface area contributed by atoms with Gasteiger partial charge in [0.15, 0.2) is 0 Å². The third kappa shape index (κ3) is 4.50. The lowest BCUT2D eigenvalue weighted by Crippen LogP contribution is -2.43. The molecule has 1 saturated heterocycles. The zero-order valence-electron chi connectivity index (χ0n) is 22.4. The Hall–Kier alpha value is -1.74. The molecule has 0 aromatic heterocycles. The lowest BCUT2D eigenvalue weighted by molar-refractivity contribution is 0.00578. The molecule has 0 bridgehead atoms. The average molecular weight is 465 g/mol. The normalized spacial score (nSPS) is 17.7. The van der Waals surface area contributed by atoms with Gasteiger partial charge in [-0.25, -0.2) is 0 Å². The fraction of sp³-hybridized carbons (Fsp3) is 0.571. The first-order valence-corrected chi connectivity index (χ1v) is 14.5. The Labute approximate surface area is 202 Å². The van der Waals surface area contributed by atoms with Crippen molar-refractivity contribution in [2.75, 3.05) is 7.11 Å². The van der Waals surface area contributed by atoms with Crippen LogP contribution in [0.1, 0.15) is 74.8 Å². The number of benzene rings is 2. The minimum atomic E-state index is -1.86. The standard InChI is InChI=1S/C28H41BO3Si/c1-19(2)33(20(3)4,21(5)6)16-15-22-13-12-14-23-17-24(30-11)18-25(26(22)23)29-31-27(7,8)28(9,10)32-29/h12-14,17-21H,1-11H3. The van der Waals surface area contributed by atoms with E-state index in [4.69, 9.17) is 14.0 Å². The molecule has 0 unspecified atom stereocenters. The molecule has 0 atom stereocenters. The third-order valence-corrected chi connectivity index (χ3v) is 14.3. The fourth-order valence-electron chi connectivity index (χ4n) is 5.42. The second-order valence-electron chi connectivity index (χ2n) is 11.4. The van der Waals surface area contributed by atoms with Gasteiger partial charge >= 0.3 is 7.12 Å². The van der Waals surface area contributed by atoms with Gasteiger partial charge in [0.05, 0.1) is 18.3 Å². The number of fused-ring (bicyclic) bond motifs is 1. The van der Waals surface area contributed by atoms with Crippen molar-refractivity contribution >= 4 is 31.4 Å². The number of hydrogen-bond acceptors (Lipinski definition) is 3. The van der Waals surface area contributed by atoms with Gasteiger partial charge in [0.1, 0.15) is 13.8 Å². The molecule has 0 N–H and O–H groups in total. The summed E-state index contributed by atoms with van der Waals surface area (Å²) in [5.41, 5.74) is 6.85. The molecule has 2 aromatic rings. The Morgan fingerprint density at radius 2 is 1.42 bits per heavy atom. The van der Waals surface area contributed by atoms with Gasteiger partial charge in [0.2, 0.25) is 0 Å². The van der Waals surface area contributed by atoms with E-state index in [9.17, 15) is 0 Å². The van der Waals surface area contributed by atoms with Crippen LogP contribution in [0.4, 0.5) is 0 Å². The molecule has 0 saturated carbocycles. The van der Waals surface area contributed by atoms with Gasteiger partial charge < -0.3 is 14.0 Å². The summed E-state index contributed by atoms with van der Waals surface area (Å²) in [7, 11) is -0.632. The van der Waals surface area contributed by atoms with Crippen LogP contribution >= 0.6 is 0 Å². The first kappa shape index (κ1) is 25.9. The second-order valence-corrected chi connectivity index (χ2v) is 16.9. The highest BCUT2D eigenvalue weighted by Crippen LogP contribution is 2.41. The van der Waals surface area contributed by atoms with Crippen LogP contribution in [-0.2, 0) is 9.31 Å². The minimum absolute atomic E-state index is 0.414. The predicted molar refractivity (Wildman–Crippen MR) is 144 cm³/mol. The topological polar surface area (TPSA) is 27.7 Å². The minimum Gasteiger partial charge on any atom is -0.497 e. The van der Waals surface area contributed by atoms with E-state index in [1.54, 1.807) is 7.11 Å². The zero-order chi connectivity index (χ0) is 24.8. The van der Waals surface area contributed by atoms with E-state index >= 15 is 0 Å². The Morgan fingerprint density at radius 3 is 1.91 bits per heavy atom. The van der Waals surface area contributed by atoms with Gasteiger partial charge in [0, 0.05) is 5.56 Å². The number of methoxy groups -OCH3 is 1. The molecule has 178 valence electrons. The van der Waals surface area contributed by atoms with E-state index in [0.717, 1.165) is 27.5 Å². The summed E-state index contributed by atoms with van der Waals surface area (Å²) in [6.45, 7) is 22.5. The smallest absolute Gasteiger partial charge is 0.495 e. The van der Waals surface area contributed by atoms with Gasteiger partial charge in [-0.3, -0.25) is 0 Å². The molecule has 1 heterocycles. The molecule has 2 aromatic carbocycles. The van der Waals surface area contributed by atoms with Crippen LogP contribution < -0.4 is 10.2 Å². The van der Waals surface area contributed by atoms with Crippen LogP contribution in [0.25, 0.3) is 10.8 Å². The van der Waals surface area contributed by atoms with Gasteiger partial charge in [-0.05, 0) is 78.8 Å². The van der Waals surface area contributed by atoms with Crippen molar-refractivity contribution in [3.05, 3.63) is 35.9 Å². The van der Waals surface area contributed by atoms with E-state index in [0.29, 0.717) is 16.6 Å². The lowest BCUT2D eigenvalue weighted by Gasteiger charge is -2.38. The molecule has 0 spiro atoms. The van der Waals surface area contributed by atoms with Crippen molar-refractivity contribution in [1.29, 1.82) is 0 Å². The predicted octanol–water partition coefficient (Wildman–Crippen LogP) is 6.72. The summed E-state index contributed by atoms with van der Waals surface area (Å²) in [6, 6.07) is 10.5. The highest BCUT2D eigenvalue weighted by Gasteiger charge is 2.52. The lowest BCUT2D eigenvalue weighted by atomic mass is 9.75. The first-order chi connectivity index (χ1) is 15.3. The maximum Gasteiger partial charge on any atom is 0.495 e. The maximum atomic E-state index is 6.46. The van der Waals surface area contributed by atoms with Crippen molar-refractivity contribution in [3.8, 4) is 17.2 Å². The monoisotopic (exact) mass is 464 g/mol. The number of hydrogen-bond donors (Lipinski definition) is 0. The van der Waals surface area contributed by atoms with Gasteiger partial charge in [-0.1, -0.05) is 59.6 Å². The zero-order valence-corrected chi connectivity index (χ0v) is 23.4. The summed E-state index contributed by atoms with van der Waals surface area (Å²) in [5, 5.41) is 2.19. The van der Waals surface area contributed by atoms with E-state index < -0.39 is 26.4 Å². The van der Waals surface area contributed by atoms with Crippen LogP contribution in [0.5, 0.6) is 5.75 Å². The molecule has 33 heavy (non-hydrogen) atoms. The molecule has 1 aliphatic heterocycles. The van der Waals surface area contributed by atoms with E-state index in [-0.39, 0.29) is 0 Å². The van der Waals surface area contributed by atoms with E-state index in [2.05, 4.69) is 105 Å². The van der Waals surface area contributed by atoms with Gasteiger partial charge in [0.25, 0.3) is 0 Å². The van der Waals surface area contributed by atoms with Crippen molar-refractivity contribution in [2.24, 2.45) is 0 Å². The molecule has 0 radical (unpaired) electrons. The quantitative estimate of drug-likeness (QED) is 0.363. The van der Waals surface area contributed by atoms with Crippen LogP contribution in [0, 0.1) is 11.5 Å². The summed E-state index contributed by atoms with van der Waals surface area (Å²) >= 11 is 0. The molecule has 3 nitrogen and oxygen atoms in total. The summed E-state index contributed by atoms with van der Waals surface area (Å²) < 4.78 is 18.5. The summed E-state index contributed by atoms with van der Waals surface area (Å²) in [4.78, 5) is 0. The summed E-state index contributed by atoms with van der Waals surface area (Å²) in [5.74, 6) is 4.47. The van der Waals surface area contributed by atoms with E-state index in [1.165, 1.54) is 0 Å². The molecule has 1 aliphatic rings. The third-order valence-electron chi connectivity index (χ3n) is 8.00. The highest BCUT2D eigenvalue weighted by atomic mass is 28.3. The van der Waals surface area contributed by atoms with Crippen LogP contribution in [0.2, 0.25) is 16.6 Å². The van der Waals surface area contributed by atoms with Gasteiger partial charge in [-0.2, -0.15) is 0 Å². The molecule has 0 aliphatic carbocycles. The molecular formula is C28H41BO3Si. The Balaban J connectivity index is 2.26. The van der Waals surface area contributed by atoms with Crippen LogP contribution in [0.15, 0.2) is 30.3 Å². The first-order valence-electron chi connectivity index (χ1n) is 12.3. The van der Waals surface area contributed by atoms with Crippen molar-refractivity contribution < 1.29 is 14.0 Å². The molecular weight excluding hydrogens is 423 g/mol. The second kappa shape index (κ2) is 9.13. The van der Waals surface area contributed by atoms with E-state index in [1.807, 2.05) is 6.07 Å². The van der Waals surface area contributed by atoms with Crippen molar-refractivity contribution in [3.63, 3.8) is 0 Å². The molecule has 3 rings (SSSR count). The number of ether oxygens (including phenoxy) is 1. The van der Waals surface area contributed by atoms with Crippen molar-refractivity contribution in [2.45, 2.75) is 97.1 Å². The molecule has 1 fully saturated rings. The summed E-state index contributed by atoms with van der Waals surface area (Å²) in [6.07, 6.45) is 0. The Bertz CT molecular complexity index is 1040. The van der Waals surface area contributed by atoms with Gasteiger partial charge in [-0.15, -0.1) is 5.54 Å². The SMILES string of the molecule is COc1cc(B2OC(C)(C)C(C)(C)O2)c2c(C#C[Si](C(C)C)(C(C)C)C(C)C)cccc2c1. The van der Waals surface area contributed by atoms with Crippen LogP contribution in [0.3, 0.4) is 0 Å². The fourth-order valence-corrected chi connectivity index (χ4v) is 10.6. The molecule has 5 heteroatoms.